The first-order valence-electron chi connectivity index (χ1n) is 8.13. The summed E-state index contributed by atoms with van der Waals surface area (Å²) in [5.74, 6) is 1.29. The van der Waals surface area contributed by atoms with Gasteiger partial charge in [0, 0.05) is 12.0 Å². The van der Waals surface area contributed by atoms with E-state index in [2.05, 4.69) is 6.07 Å². The monoisotopic (exact) mass is 333 g/mol. The van der Waals surface area contributed by atoms with Crippen molar-refractivity contribution in [2.24, 2.45) is 0 Å². The summed E-state index contributed by atoms with van der Waals surface area (Å²) in [6.45, 7) is 0. The minimum Gasteiger partial charge on any atom is -0.496 e. The van der Waals surface area contributed by atoms with Crippen molar-refractivity contribution in [2.75, 3.05) is 14.2 Å². The molecular weight excluding hydrogens is 312 g/mol. The fraction of sp³-hybridized carbons (Fsp3) is 0.182. The second-order valence-corrected chi connectivity index (χ2v) is 5.84. The fourth-order valence-corrected chi connectivity index (χ4v) is 3.08. The average molecular weight is 333 g/mol. The third-order valence-corrected chi connectivity index (χ3v) is 4.40. The van der Waals surface area contributed by atoms with E-state index in [1.54, 1.807) is 26.4 Å². The van der Waals surface area contributed by atoms with Crippen LogP contribution in [-0.4, -0.2) is 19.3 Å². The van der Waals surface area contributed by atoms with E-state index in [0.717, 1.165) is 16.7 Å². The zero-order valence-electron chi connectivity index (χ0n) is 14.4. The molecule has 0 saturated carbocycles. The molecule has 0 spiro atoms. The highest BCUT2D eigenvalue weighted by atomic mass is 16.5. The molecule has 3 rings (SSSR count). The Labute approximate surface area is 148 Å². The topological polar surface area (TPSA) is 38.7 Å². The Balaban J connectivity index is 2.15. The molecule has 127 valence electrons. The van der Waals surface area contributed by atoms with E-state index in [-0.39, 0.29) is 0 Å². The lowest BCUT2D eigenvalue weighted by Crippen LogP contribution is -2.30. The number of methoxy groups -OCH3 is 2. The van der Waals surface area contributed by atoms with Gasteiger partial charge in [-0.05, 0) is 29.3 Å². The summed E-state index contributed by atoms with van der Waals surface area (Å²) in [5, 5.41) is 11.7. The maximum absolute atomic E-state index is 11.7. The molecule has 0 aliphatic carbocycles. The second kappa shape index (κ2) is 7.41. The molecule has 0 aliphatic rings. The molecular formula is C22H21O3. The maximum Gasteiger partial charge on any atom is 0.126 e. The van der Waals surface area contributed by atoms with Crippen molar-refractivity contribution in [3.05, 3.63) is 95.6 Å². The minimum atomic E-state index is -1.20. The molecule has 0 amide bonds. The smallest absolute Gasteiger partial charge is 0.126 e. The van der Waals surface area contributed by atoms with Crippen molar-refractivity contribution >= 4 is 0 Å². The van der Waals surface area contributed by atoms with Crippen molar-refractivity contribution in [3.8, 4) is 11.5 Å². The molecule has 0 bridgehead atoms. The molecule has 0 heterocycles. The molecule has 25 heavy (non-hydrogen) atoms. The van der Waals surface area contributed by atoms with Crippen molar-refractivity contribution < 1.29 is 14.6 Å². The molecule has 3 heteroatoms. The van der Waals surface area contributed by atoms with Crippen LogP contribution in [0.15, 0.2) is 72.8 Å². The van der Waals surface area contributed by atoms with E-state index in [4.69, 9.17) is 9.47 Å². The van der Waals surface area contributed by atoms with Crippen LogP contribution in [0.3, 0.4) is 0 Å². The van der Waals surface area contributed by atoms with Crippen LogP contribution in [0.5, 0.6) is 11.5 Å². The van der Waals surface area contributed by atoms with Gasteiger partial charge in [0.05, 0.1) is 14.2 Å². The Morgan fingerprint density at radius 2 is 1.24 bits per heavy atom. The highest BCUT2D eigenvalue weighted by Crippen LogP contribution is 2.39. The molecule has 3 aromatic carbocycles. The molecule has 0 saturated heterocycles. The summed E-state index contributed by atoms with van der Waals surface area (Å²) in [6.07, 6.45) is 0.321. The lowest BCUT2D eigenvalue weighted by atomic mass is 9.81. The van der Waals surface area contributed by atoms with Crippen LogP contribution in [0.2, 0.25) is 0 Å². The second-order valence-electron chi connectivity index (χ2n) is 5.84. The summed E-state index contributed by atoms with van der Waals surface area (Å²) in [5.41, 5.74) is 1.24. The van der Waals surface area contributed by atoms with Gasteiger partial charge in [-0.3, -0.25) is 0 Å². The van der Waals surface area contributed by atoms with Gasteiger partial charge in [0.1, 0.15) is 17.1 Å². The Hall–Kier alpha value is -2.78. The number of aliphatic hydroxyl groups is 1. The summed E-state index contributed by atoms with van der Waals surface area (Å²) < 4.78 is 11.0. The van der Waals surface area contributed by atoms with Gasteiger partial charge in [0.15, 0.2) is 0 Å². The predicted molar refractivity (Wildman–Crippen MR) is 98.0 cm³/mol. The summed E-state index contributed by atoms with van der Waals surface area (Å²) in [4.78, 5) is 0. The first-order valence-corrected chi connectivity index (χ1v) is 8.13. The number of hydrogen-bond donors (Lipinski definition) is 1. The third kappa shape index (κ3) is 3.37. The number of benzene rings is 3. The Morgan fingerprint density at radius 1 is 0.800 bits per heavy atom. The third-order valence-electron chi connectivity index (χ3n) is 4.40. The van der Waals surface area contributed by atoms with Crippen molar-refractivity contribution in [3.63, 3.8) is 0 Å². The predicted octanol–water partition coefficient (Wildman–Crippen LogP) is 3.98. The van der Waals surface area contributed by atoms with Gasteiger partial charge in [-0.1, -0.05) is 60.7 Å². The normalized spacial score (nSPS) is 11.2. The highest BCUT2D eigenvalue weighted by Gasteiger charge is 2.34. The van der Waals surface area contributed by atoms with Gasteiger partial charge in [0.2, 0.25) is 0 Å². The molecule has 3 nitrogen and oxygen atoms in total. The zero-order chi connectivity index (χ0) is 17.7. The van der Waals surface area contributed by atoms with Gasteiger partial charge in [0.25, 0.3) is 0 Å². The highest BCUT2D eigenvalue weighted by molar-refractivity contribution is 5.48. The van der Waals surface area contributed by atoms with Gasteiger partial charge in [-0.25, -0.2) is 0 Å². The summed E-state index contributed by atoms with van der Waals surface area (Å²) in [6, 6.07) is 25.8. The van der Waals surface area contributed by atoms with E-state index in [9.17, 15) is 5.11 Å². The minimum absolute atomic E-state index is 0.321. The molecule has 0 fully saturated rings. The molecule has 1 N–H and O–H groups in total. The molecule has 3 aromatic rings. The van der Waals surface area contributed by atoms with Gasteiger partial charge >= 0.3 is 0 Å². The Morgan fingerprint density at radius 3 is 1.64 bits per heavy atom. The van der Waals surface area contributed by atoms with E-state index >= 15 is 0 Å². The van der Waals surface area contributed by atoms with E-state index < -0.39 is 5.60 Å². The molecule has 0 unspecified atom stereocenters. The number of hydrogen-bond acceptors (Lipinski definition) is 3. The number of ether oxygens (including phenoxy) is 2. The van der Waals surface area contributed by atoms with Crippen LogP contribution >= 0.6 is 0 Å². The van der Waals surface area contributed by atoms with Crippen LogP contribution in [0.1, 0.15) is 16.7 Å². The van der Waals surface area contributed by atoms with Crippen LogP contribution < -0.4 is 9.47 Å². The van der Waals surface area contributed by atoms with Gasteiger partial charge in [-0.2, -0.15) is 0 Å². The van der Waals surface area contributed by atoms with Crippen molar-refractivity contribution in [1.29, 1.82) is 0 Å². The molecule has 0 atom stereocenters. The Kier molecular flexibility index (Phi) is 5.05. The molecule has 0 aromatic heterocycles. The maximum atomic E-state index is 11.7. The zero-order valence-corrected chi connectivity index (χ0v) is 14.4. The van der Waals surface area contributed by atoms with Gasteiger partial charge in [-0.15, -0.1) is 0 Å². The standard InChI is InChI=1S/C22H21O3/c1-24-20-14-9-15-21(25-2)19(20)16-22(23,17-10-5-3-6-11-17)18-12-7-4-8-13-18/h3-8,10-15,23H,16H2,1-2H3. The summed E-state index contributed by atoms with van der Waals surface area (Å²) >= 11 is 0. The van der Waals surface area contributed by atoms with Crippen LogP contribution in [0.25, 0.3) is 0 Å². The average Bonchev–Trinajstić information content (AvgIpc) is 2.69. The fourth-order valence-electron chi connectivity index (χ4n) is 3.08. The van der Waals surface area contributed by atoms with Crippen molar-refractivity contribution in [2.45, 2.75) is 12.0 Å². The lowest BCUT2D eigenvalue weighted by Gasteiger charge is -2.30. The SMILES string of the molecule is COc1c[c]cc(OC)c1CC(O)(c1ccccc1)c1ccccc1. The van der Waals surface area contributed by atoms with Crippen molar-refractivity contribution in [1.82, 2.24) is 0 Å². The van der Waals surface area contributed by atoms with E-state index in [1.807, 2.05) is 60.7 Å². The lowest BCUT2D eigenvalue weighted by molar-refractivity contribution is 0.0796. The van der Waals surface area contributed by atoms with Gasteiger partial charge < -0.3 is 14.6 Å². The first kappa shape index (κ1) is 17.1. The quantitative estimate of drug-likeness (QED) is 0.741. The first-order chi connectivity index (χ1) is 12.2. The van der Waals surface area contributed by atoms with Crippen LogP contribution in [-0.2, 0) is 12.0 Å². The summed E-state index contributed by atoms with van der Waals surface area (Å²) in [7, 11) is 3.21. The van der Waals surface area contributed by atoms with Crippen LogP contribution in [0.4, 0.5) is 0 Å². The molecule has 0 aliphatic heterocycles. The largest absolute Gasteiger partial charge is 0.496 e. The molecule has 1 radical (unpaired) electrons. The Bertz CT molecular complexity index is 751. The van der Waals surface area contributed by atoms with Crippen LogP contribution in [0, 0.1) is 6.07 Å². The number of rotatable bonds is 6. The van der Waals surface area contributed by atoms with E-state index in [1.165, 1.54) is 0 Å². The van der Waals surface area contributed by atoms with E-state index in [0.29, 0.717) is 17.9 Å².